The standard InChI is InChI=1S/C16H15N3O3S2/c1-24(21,22)16-17-14(12-4-2-3-7-19(12)16)15(20)18-8-5-13-11(10-18)6-9-23-13/h2-4,6-7,9H,5,8,10H2,1H3. The average molecular weight is 361 g/mol. The van der Waals surface area contributed by atoms with Crippen molar-refractivity contribution in [2.45, 2.75) is 18.1 Å². The molecule has 3 aromatic heterocycles. The Kier molecular flexibility index (Phi) is 3.47. The number of fused-ring (bicyclic) bond motifs is 2. The van der Waals surface area contributed by atoms with Crippen LogP contribution in [-0.4, -0.2) is 41.4 Å². The first kappa shape index (κ1) is 15.3. The third kappa shape index (κ3) is 2.42. The molecular weight excluding hydrogens is 346 g/mol. The summed E-state index contributed by atoms with van der Waals surface area (Å²) in [6.45, 7) is 1.16. The predicted octanol–water partition coefficient (Wildman–Crippen LogP) is 2.00. The number of hydrogen-bond donors (Lipinski definition) is 0. The maximum Gasteiger partial charge on any atom is 0.275 e. The first-order valence-corrected chi connectivity index (χ1v) is 10.2. The molecule has 6 nitrogen and oxygen atoms in total. The van der Waals surface area contributed by atoms with E-state index < -0.39 is 9.84 Å². The van der Waals surface area contributed by atoms with Crippen molar-refractivity contribution in [3.63, 3.8) is 0 Å². The lowest BCUT2D eigenvalue weighted by Gasteiger charge is -2.26. The number of carbonyl (C=O) groups excluding carboxylic acids is 1. The number of sulfone groups is 1. The number of hydrogen-bond acceptors (Lipinski definition) is 5. The Hall–Kier alpha value is -2.19. The van der Waals surface area contributed by atoms with E-state index in [1.165, 1.54) is 9.28 Å². The summed E-state index contributed by atoms with van der Waals surface area (Å²) >= 11 is 1.71. The molecule has 0 saturated heterocycles. The number of amides is 1. The number of thiophene rings is 1. The van der Waals surface area contributed by atoms with Gasteiger partial charge in [0.1, 0.15) is 0 Å². The van der Waals surface area contributed by atoms with Crippen LogP contribution in [0.15, 0.2) is 41.0 Å². The minimum absolute atomic E-state index is 0.102. The molecule has 0 radical (unpaired) electrons. The van der Waals surface area contributed by atoms with Crippen LogP contribution in [0.25, 0.3) is 5.52 Å². The molecule has 0 saturated carbocycles. The summed E-state index contributed by atoms with van der Waals surface area (Å²) in [5, 5.41) is 1.93. The molecule has 4 heterocycles. The largest absolute Gasteiger partial charge is 0.333 e. The van der Waals surface area contributed by atoms with Gasteiger partial charge in [0, 0.05) is 30.4 Å². The lowest BCUT2D eigenvalue weighted by Crippen LogP contribution is -2.35. The molecule has 1 aliphatic rings. The Morgan fingerprint density at radius 3 is 2.92 bits per heavy atom. The van der Waals surface area contributed by atoms with Gasteiger partial charge in [0.05, 0.1) is 5.52 Å². The van der Waals surface area contributed by atoms with Crippen LogP contribution in [-0.2, 0) is 22.8 Å². The van der Waals surface area contributed by atoms with Crippen molar-refractivity contribution in [3.8, 4) is 0 Å². The van der Waals surface area contributed by atoms with Gasteiger partial charge >= 0.3 is 0 Å². The van der Waals surface area contributed by atoms with E-state index in [0.29, 0.717) is 18.6 Å². The van der Waals surface area contributed by atoms with Gasteiger partial charge in [-0.15, -0.1) is 11.3 Å². The Morgan fingerprint density at radius 1 is 1.29 bits per heavy atom. The predicted molar refractivity (Wildman–Crippen MR) is 91.1 cm³/mol. The molecule has 8 heteroatoms. The van der Waals surface area contributed by atoms with Gasteiger partial charge in [0.25, 0.3) is 5.91 Å². The number of imidazole rings is 1. The molecule has 3 aromatic rings. The topological polar surface area (TPSA) is 71.7 Å². The monoisotopic (exact) mass is 361 g/mol. The fourth-order valence-corrected chi connectivity index (χ4v) is 4.66. The van der Waals surface area contributed by atoms with Crippen LogP contribution in [0.4, 0.5) is 0 Å². The maximum absolute atomic E-state index is 12.9. The smallest absolute Gasteiger partial charge is 0.275 e. The van der Waals surface area contributed by atoms with Gasteiger partial charge in [-0.05, 0) is 35.6 Å². The second-order valence-corrected chi connectivity index (χ2v) is 8.73. The summed E-state index contributed by atoms with van der Waals surface area (Å²) in [6.07, 6.45) is 3.54. The highest BCUT2D eigenvalue weighted by molar-refractivity contribution is 7.90. The van der Waals surface area contributed by atoms with Gasteiger partial charge in [-0.25, -0.2) is 13.4 Å². The summed E-state index contributed by atoms with van der Waals surface area (Å²) in [4.78, 5) is 20.2. The van der Waals surface area contributed by atoms with Crippen LogP contribution in [0.2, 0.25) is 0 Å². The van der Waals surface area contributed by atoms with Crippen LogP contribution in [0.1, 0.15) is 20.9 Å². The van der Waals surface area contributed by atoms with E-state index in [4.69, 9.17) is 0 Å². The van der Waals surface area contributed by atoms with E-state index in [1.807, 2.05) is 11.4 Å². The van der Waals surface area contributed by atoms with E-state index in [9.17, 15) is 13.2 Å². The van der Waals surface area contributed by atoms with Crippen molar-refractivity contribution < 1.29 is 13.2 Å². The van der Waals surface area contributed by atoms with Crippen LogP contribution in [0.5, 0.6) is 0 Å². The van der Waals surface area contributed by atoms with Crippen molar-refractivity contribution in [1.82, 2.24) is 14.3 Å². The third-order valence-corrected chi connectivity index (χ3v) is 6.12. The van der Waals surface area contributed by atoms with E-state index in [1.54, 1.807) is 40.6 Å². The zero-order chi connectivity index (χ0) is 16.9. The summed E-state index contributed by atoms with van der Waals surface area (Å²) < 4.78 is 25.4. The molecule has 0 fully saturated rings. The molecule has 0 aromatic carbocycles. The number of carbonyl (C=O) groups is 1. The lowest BCUT2D eigenvalue weighted by molar-refractivity contribution is 0.0732. The van der Waals surface area contributed by atoms with Gasteiger partial charge in [-0.1, -0.05) is 6.07 Å². The average Bonchev–Trinajstić information content (AvgIpc) is 3.17. The molecule has 0 bridgehead atoms. The normalized spacial score (nSPS) is 14.8. The van der Waals surface area contributed by atoms with E-state index >= 15 is 0 Å². The molecule has 0 aliphatic carbocycles. The van der Waals surface area contributed by atoms with Crippen LogP contribution in [0, 0.1) is 0 Å². The van der Waals surface area contributed by atoms with Crippen molar-refractivity contribution in [3.05, 3.63) is 52.0 Å². The van der Waals surface area contributed by atoms with Gasteiger partial charge in [-0.3, -0.25) is 9.20 Å². The quantitative estimate of drug-likeness (QED) is 0.700. The molecule has 4 rings (SSSR count). The molecule has 124 valence electrons. The maximum atomic E-state index is 12.9. The lowest BCUT2D eigenvalue weighted by atomic mass is 10.1. The molecule has 0 N–H and O–H groups in total. The van der Waals surface area contributed by atoms with Crippen molar-refractivity contribution in [1.29, 1.82) is 0 Å². The minimum atomic E-state index is -3.53. The van der Waals surface area contributed by atoms with Gasteiger partial charge in [0.15, 0.2) is 5.69 Å². The van der Waals surface area contributed by atoms with Crippen molar-refractivity contribution in [2.24, 2.45) is 0 Å². The van der Waals surface area contributed by atoms with E-state index in [0.717, 1.165) is 18.2 Å². The Balaban J connectivity index is 1.78. The molecule has 0 atom stereocenters. The minimum Gasteiger partial charge on any atom is -0.333 e. The van der Waals surface area contributed by atoms with Crippen LogP contribution < -0.4 is 0 Å². The van der Waals surface area contributed by atoms with Crippen molar-refractivity contribution in [2.75, 3.05) is 12.8 Å². The Labute approximate surface area is 143 Å². The van der Waals surface area contributed by atoms with Gasteiger partial charge in [0.2, 0.25) is 15.0 Å². The highest BCUT2D eigenvalue weighted by Gasteiger charge is 2.28. The summed E-state index contributed by atoms with van der Waals surface area (Å²) in [5.74, 6) is -0.231. The Morgan fingerprint density at radius 2 is 2.12 bits per heavy atom. The summed E-state index contributed by atoms with van der Waals surface area (Å²) in [7, 11) is -3.53. The molecule has 0 unspecified atom stereocenters. The molecule has 1 aliphatic heterocycles. The van der Waals surface area contributed by atoms with Crippen molar-refractivity contribution >= 4 is 32.6 Å². The molecule has 0 spiro atoms. The number of nitrogens with zero attached hydrogens (tertiary/aromatic N) is 3. The second-order valence-electron chi connectivity index (χ2n) is 5.82. The number of aromatic nitrogens is 2. The zero-order valence-electron chi connectivity index (χ0n) is 13.0. The van der Waals surface area contributed by atoms with Gasteiger partial charge in [-0.2, -0.15) is 0 Å². The number of pyridine rings is 1. The first-order chi connectivity index (χ1) is 11.4. The second kappa shape index (κ2) is 5.42. The fourth-order valence-electron chi connectivity index (χ4n) is 3.00. The highest BCUT2D eigenvalue weighted by atomic mass is 32.2. The van der Waals surface area contributed by atoms with E-state index in [2.05, 4.69) is 4.98 Å². The summed E-state index contributed by atoms with van der Waals surface area (Å²) in [5.41, 5.74) is 1.86. The Bertz CT molecular complexity index is 1050. The van der Waals surface area contributed by atoms with Crippen LogP contribution >= 0.6 is 11.3 Å². The third-order valence-electron chi connectivity index (χ3n) is 4.15. The first-order valence-electron chi connectivity index (χ1n) is 7.47. The van der Waals surface area contributed by atoms with Crippen LogP contribution in [0.3, 0.4) is 0 Å². The van der Waals surface area contributed by atoms with E-state index in [-0.39, 0.29) is 16.8 Å². The van der Waals surface area contributed by atoms with Gasteiger partial charge < -0.3 is 4.90 Å². The molecule has 24 heavy (non-hydrogen) atoms. The SMILES string of the molecule is CS(=O)(=O)c1nc(C(=O)N2CCc3sccc3C2)c2ccccn12. The molecule has 1 amide bonds. The molecular formula is C16H15N3O3S2. The highest BCUT2D eigenvalue weighted by Crippen LogP contribution is 2.26. The zero-order valence-corrected chi connectivity index (χ0v) is 14.6. The fraction of sp³-hybridized carbons (Fsp3) is 0.250. The summed E-state index contributed by atoms with van der Waals surface area (Å²) in [6, 6.07) is 7.24. The number of rotatable bonds is 2.